The van der Waals surface area contributed by atoms with E-state index in [0.717, 1.165) is 11.0 Å². The lowest BCUT2D eigenvalue weighted by molar-refractivity contribution is 0.651. The van der Waals surface area contributed by atoms with Crippen LogP contribution in [0.2, 0.25) is 5.02 Å². The van der Waals surface area contributed by atoms with Crippen molar-refractivity contribution in [1.82, 2.24) is 9.55 Å². The summed E-state index contributed by atoms with van der Waals surface area (Å²) in [5.41, 5.74) is 3.22. The summed E-state index contributed by atoms with van der Waals surface area (Å²) in [7, 11) is 0. The molecule has 2 nitrogen and oxygen atoms in total. The third-order valence-electron chi connectivity index (χ3n) is 3.11. The number of nitrogens with one attached hydrogen (secondary N) is 1. The molecule has 1 atom stereocenters. The van der Waals surface area contributed by atoms with Crippen molar-refractivity contribution in [2.75, 3.05) is 0 Å². The zero-order valence-electron chi connectivity index (χ0n) is 9.68. The minimum absolute atomic E-state index is 0.205. The number of aromatic nitrogens is 2. The number of nitrogens with zero attached hydrogens (tertiary/aromatic N) is 1. The van der Waals surface area contributed by atoms with E-state index in [1.54, 1.807) is 11.3 Å². The second-order valence-corrected chi connectivity index (χ2v) is 5.74. The van der Waals surface area contributed by atoms with Gasteiger partial charge in [-0.15, -0.1) is 0 Å². The molecule has 0 aliphatic carbocycles. The van der Waals surface area contributed by atoms with E-state index < -0.39 is 0 Å². The van der Waals surface area contributed by atoms with Crippen LogP contribution in [-0.4, -0.2) is 9.55 Å². The summed E-state index contributed by atoms with van der Waals surface area (Å²) in [5.74, 6) is 0. The number of hydrogen-bond acceptors (Lipinski definition) is 2. The fraction of sp³-hybridized carbons (Fsp3) is 0.154. The average molecular weight is 295 g/mol. The maximum absolute atomic E-state index is 6.18. The molecule has 0 bridgehead atoms. The number of halogens is 1. The molecule has 92 valence electrons. The number of hydrogen-bond donors (Lipinski definition) is 1. The first-order chi connectivity index (χ1) is 8.68. The largest absolute Gasteiger partial charge is 0.329 e. The van der Waals surface area contributed by atoms with Crippen LogP contribution < -0.4 is 0 Å². The Balaban J connectivity index is 2.26. The zero-order valence-corrected chi connectivity index (χ0v) is 12.1. The Kier molecular flexibility index (Phi) is 3.01. The van der Waals surface area contributed by atoms with E-state index in [1.807, 2.05) is 18.2 Å². The molecule has 0 amide bonds. The summed E-state index contributed by atoms with van der Waals surface area (Å²) in [4.78, 5) is 3.19. The molecular weight excluding hydrogens is 284 g/mol. The zero-order chi connectivity index (χ0) is 12.7. The number of fused-ring (bicyclic) bond motifs is 1. The Labute approximate surface area is 119 Å². The highest BCUT2D eigenvalue weighted by Gasteiger charge is 2.14. The highest BCUT2D eigenvalue weighted by molar-refractivity contribution is 7.71. The quantitative estimate of drug-likeness (QED) is 0.658. The van der Waals surface area contributed by atoms with Crippen LogP contribution in [0.15, 0.2) is 35.0 Å². The van der Waals surface area contributed by atoms with Crippen molar-refractivity contribution in [3.63, 3.8) is 0 Å². The van der Waals surface area contributed by atoms with E-state index in [1.165, 1.54) is 5.56 Å². The summed E-state index contributed by atoms with van der Waals surface area (Å²) in [6, 6.07) is 8.19. The van der Waals surface area contributed by atoms with Gasteiger partial charge in [-0.25, -0.2) is 0 Å². The van der Waals surface area contributed by atoms with Gasteiger partial charge in [-0.1, -0.05) is 17.7 Å². The molecule has 1 N–H and O–H groups in total. The van der Waals surface area contributed by atoms with E-state index >= 15 is 0 Å². The molecule has 0 radical (unpaired) electrons. The van der Waals surface area contributed by atoms with E-state index in [4.69, 9.17) is 23.8 Å². The predicted octanol–water partition coefficient (Wildman–Crippen LogP) is 5.02. The first-order valence-electron chi connectivity index (χ1n) is 5.59. The second-order valence-electron chi connectivity index (χ2n) is 4.17. The van der Waals surface area contributed by atoms with Crippen LogP contribution in [0.1, 0.15) is 18.5 Å². The molecular formula is C13H11ClN2S2. The number of H-pyrrole nitrogens is 1. The molecule has 3 rings (SSSR count). The van der Waals surface area contributed by atoms with Gasteiger partial charge < -0.3 is 9.55 Å². The third kappa shape index (κ3) is 1.81. The van der Waals surface area contributed by atoms with Crippen LogP contribution in [0.3, 0.4) is 0 Å². The number of thiophene rings is 1. The molecule has 0 spiro atoms. The third-order valence-corrected chi connectivity index (χ3v) is 4.43. The van der Waals surface area contributed by atoms with Gasteiger partial charge in [-0.05, 0) is 53.7 Å². The fourth-order valence-corrected chi connectivity index (χ4v) is 3.48. The molecule has 2 heterocycles. The molecule has 0 fully saturated rings. The van der Waals surface area contributed by atoms with Crippen LogP contribution in [0.25, 0.3) is 11.0 Å². The van der Waals surface area contributed by atoms with E-state index in [2.05, 4.69) is 33.3 Å². The van der Waals surface area contributed by atoms with Crippen LogP contribution in [0.4, 0.5) is 0 Å². The standard InChI is InChI=1S/C13H11ClN2S2/c1-8(9-5-6-18-7-9)16-11-4-2-3-10(14)12(11)15-13(16)17/h2-8H,1H3,(H,15,17). The van der Waals surface area contributed by atoms with Crippen LogP contribution in [0, 0.1) is 4.77 Å². The lowest BCUT2D eigenvalue weighted by Gasteiger charge is -2.13. The fourth-order valence-electron chi connectivity index (χ4n) is 2.16. The maximum Gasteiger partial charge on any atom is 0.178 e. The summed E-state index contributed by atoms with van der Waals surface area (Å²) in [5, 5.41) is 4.93. The first kappa shape index (κ1) is 12.0. The Morgan fingerprint density at radius 2 is 2.22 bits per heavy atom. The summed E-state index contributed by atoms with van der Waals surface area (Å²) in [6.45, 7) is 2.14. The average Bonchev–Trinajstić information content (AvgIpc) is 2.96. The van der Waals surface area contributed by atoms with Crippen molar-refractivity contribution < 1.29 is 0 Å². The number of benzene rings is 1. The van der Waals surface area contributed by atoms with Crippen molar-refractivity contribution in [2.45, 2.75) is 13.0 Å². The van der Waals surface area contributed by atoms with E-state index in [-0.39, 0.29) is 6.04 Å². The molecule has 0 aliphatic heterocycles. The monoisotopic (exact) mass is 294 g/mol. The van der Waals surface area contributed by atoms with Gasteiger partial charge in [0.25, 0.3) is 0 Å². The summed E-state index contributed by atoms with van der Waals surface area (Å²) < 4.78 is 2.82. The summed E-state index contributed by atoms with van der Waals surface area (Å²) >= 11 is 13.3. The molecule has 2 aromatic heterocycles. The number of para-hydroxylation sites is 1. The Morgan fingerprint density at radius 1 is 1.39 bits per heavy atom. The van der Waals surface area contributed by atoms with Gasteiger partial charge in [-0.2, -0.15) is 11.3 Å². The van der Waals surface area contributed by atoms with Gasteiger partial charge in [-0.3, -0.25) is 0 Å². The van der Waals surface area contributed by atoms with Crippen molar-refractivity contribution in [1.29, 1.82) is 0 Å². The highest BCUT2D eigenvalue weighted by atomic mass is 35.5. The smallest absolute Gasteiger partial charge is 0.178 e. The molecule has 0 saturated heterocycles. The highest BCUT2D eigenvalue weighted by Crippen LogP contribution is 2.28. The Morgan fingerprint density at radius 3 is 2.94 bits per heavy atom. The van der Waals surface area contributed by atoms with Gasteiger partial charge in [0.15, 0.2) is 4.77 Å². The number of aromatic amines is 1. The van der Waals surface area contributed by atoms with Crippen molar-refractivity contribution in [2.24, 2.45) is 0 Å². The topological polar surface area (TPSA) is 20.7 Å². The number of rotatable bonds is 2. The first-order valence-corrected chi connectivity index (χ1v) is 7.32. The van der Waals surface area contributed by atoms with E-state index in [9.17, 15) is 0 Å². The molecule has 1 unspecified atom stereocenters. The molecule has 1 aromatic carbocycles. The van der Waals surface area contributed by atoms with Crippen LogP contribution in [0.5, 0.6) is 0 Å². The van der Waals surface area contributed by atoms with E-state index in [0.29, 0.717) is 9.79 Å². The van der Waals surface area contributed by atoms with Gasteiger partial charge >= 0.3 is 0 Å². The van der Waals surface area contributed by atoms with Crippen molar-refractivity contribution >= 4 is 46.2 Å². The minimum atomic E-state index is 0.205. The molecule has 0 saturated carbocycles. The van der Waals surface area contributed by atoms with Crippen molar-refractivity contribution in [3.05, 3.63) is 50.4 Å². The number of imidazole rings is 1. The lowest BCUT2D eigenvalue weighted by Crippen LogP contribution is -2.05. The molecule has 5 heteroatoms. The Bertz CT molecular complexity index is 740. The Hall–Kier alpha value is -1.10. The minimum Gasteiger partial charge on any atom is -0.329 e. The normalized spacial score (nSPS) is 13.0. The molecule has 3 aromatic rings. The molecule has 18 heavy (non-hydrogen) atoms. The summed E-state index contributed by atoms with van der Waals surface area (Å²) in [6.07, 6.45) is 0. The van der Waals surface area contributed by atoms with Gasteiger partial charge in [0.05, 0.1) is 22.1 Å². The second kappa shape index (κ2) is 4.53. The predicted molar refractivity (Wildman–Crippen MR) is 80.3 cm³/mol. The lowest BCUT2D eigenvalue weighted by atomic mass is 10.2. The van der Waals surface area contributed by atoms with Gasteiger partial charge in [0.1, 0.15) is 0 Å². The maximum atomic E-state index is 6.18. The van der Waals surface area contributed by atoms with Crippen LogP contribution >= 0.6 is 35.2 Å². The SMILES string of the molecule is CC(c1ccsc1)n1c(=S)[nH]c2c(Cl)cccc21. The van der Waals surface area contributed by atoms with Crippen LogP contribution in [-0.2, 0) is 0 Å². The van der Waals surface area contributed by atoms with Gasteiger partial charge in [0, 0.05) is 0 Å². The van der Waals surface area contributed by atoms with Gasteiger partial charge in [0.2, 0.25) is 0 Å². The molecule has 0 aliphatic rings. The van der Waals surface area contributed by atoms with Crippen molar-refractivity contribution in [3.8, 4) is 0 Å².